The number of nitrogens with zero attached hydrogens (tertiary/aromatic N) is 2. The number of H-pyrrole nitrogens is 1. The van der Waals surface area contributed by atoms with E-state index in [0.717, 1.165) is 0 Å². The molecule has 0 atom stereocenters. The van der Waals surface area contributed by atoms with Crippen molar-refractivity contribution in [2.45, 2.75) is 6.42 Å². The summed E-state index contributed by atoms with van der Waals surface area (Å²) in [5.74, 6) is 0.0395. The first-order valence-corrected chi connectivity index (χ1v) is 5.25. The number of halogens is 2. The molecule has 0 saturated heterocycles. The van der Waals surface area contributed by atoms with Crippen LogP contribution in [0.3, 0.4) is 0 Å². The fourth-order valence-electron chi connectivity index (χ4n) is 1.28. The number of Topliss-reactive ketones (excluding diaryl/α,β-unsaturated/α-hetero) is 1. The zero-order chi connectivity index (χ0) is 11.5. The average molecular weight is 256 g/mol. The van der Waals surface area contributed by atoms with Crippen LogP contribution in [0.1, 0.15) is 16.2 Å². The van der Waals surface area contributed by atoms with Gasteiger partial charge in [-0.2, -0.15) is 5.10 Å². The van der Waals surface area contributed by atoms with Gasteiger partial charge in [-0.1, -0.05) is 23.2 Å². The Kier molecular flexibility index (Phi) is 3.22. The first-order valence-electron chi connectivity index (χ1n) is 4.49. The van der Waals surface area contributed by atoms with Crippen LogP contribution in [0.4, 0.5) is 0 Å². The number of rotatable bonds is 3. The average Bonchev–Trinajstić information content (AvgIpc) is 2.76. The van der Waals surface area contributed by atoms with Gasteiger partial charge in [-0.25, -0.2) is 4.98 Å². The molecule has 0 unspecified atom stereocenters. The van der Waals surface area contributed by atoms with E-state index in [0.29, 0.717) is 15.6 Å². The molecule has 6 heteroatoms. The van der Waals surface area contributed by atoms with Crippen LogP contribution in [0.5, 0.6) is 0 Å². The van der Waals surface area contributed by atoms with Crippen molar-refractivity contribution in [2.24, 2.45) is 0 Å². The molecule has 1 aromatic heterocycles. The molecule has 0 saturated carbocycles. The molecule has 1 N–H and O–H groups in total. The Morgan fingerprint density at radius 1 is 1.38 bits per heavy atom. The number of aromatic amines is 1. The summed E-state index contributed by atoms with van der Waals surface area (Å²) >= 11 is 11.8. The van der Waals surface area contributed by atoms with E-state index in [-0.39, 0.29) is 18.0 Å². The standard InChI is InChI=1S/C10H7Cl2N3O/c11-7-1-2-8(12)6(3-7)4-9(16)10-13-5-14-15-10/h1-3,5H,4H2,(H,13,14,15). The van der Waals surface area contributed by atoms with E-state index in [4.69, 9.17) is 23.2 Å². The molecule has 2 rings (SSSR count). The summed E-state index contributed by atoms with van der Waals surface area (Å²) in [6.45, 7) is 0. The summed E-state index contributed by atoms with van der Waals surface area (Å²) in [5.41, 5.74) is 0.676. The van der Waals surface area contributed by atoms with Crippen LogP contribution in [0.15, 0.2) is 24.5 Å². The molecule has 1 heterocycles. The number of nitrogens with one attached hydrogen (secondary N) is 1. The topological polar surface area (TPSA) is 58.6 Å². The fraction of sp³-hybridized carbons (Fsp3) is 0.100. The number of ketones is 1. The molecule has 4 nitrogen and oxygen atoms in total. The van der Waals surface area contributed by atoms with Gasteiger partial charge in [-0.05, 0) is 23.8 Å². The minimum Gasteiger partial charge on any atom is -0.290 e. The Balaban J connectivity index is 2.21. The molecule has 2 aromatic rings. The predicted molar refractivity (Wildman–Crippen MR) is 60.9 cm³/mol. The normalized spacial score (nSPS) is 10.4. The van der Waals surface area contributed by atoms with Crippen molar-refractivity contribution in [2.75, 3.05) is 0 Å². The summed E-state index contributed by atoms with van der Waals surface area (Å²) in [5, 5.41) is 7.17. The highest BCUT2D eigenvalue weighted by Gasteiger charge is 2.12. The lowest BCUT2D eigenvalue weighted by molar-refractivity contribution is 0.0983. The van der Waals surface area contributed by atoms with E-state index >= 15 is 0 Å². The van der Waals surface area contributed by atoms with Crippen molar-refractivity contribution in [1.82, 2.24) is 15.2 Å². The predicted octanol–water partition coefficient (Wildman–Crippen LogP) is 2.54. The SMILES string of the molecule is O=C(Cc1cc(Cl)ccc1Cl)c1ncn[nH]1. The Hall–Kier alpha value is -1.39. The second-order valence-electron chi connectivity index (χ2n) is 3.17. The van der Waals surface area contributed by atoms with Gasteiger partial charge < -0.3 is 0 Å². The Morgan fingerprint density at radius 3 is 2.88 bits per heavy atom. The number of hydrogen-bond donors (Lipinski definition) is 1. The van der Waals surface area contributed by atoms with Crippen LogP contribution in [0, 0.1) is 0 Å². The molecular weight excluding hydrogens is 249 g/mol. The quantitative estimate of drug-likeness (QED) is 0.858. The third-order valence-corrected chi connectivity index (χ3v) is 2.64. The molecule has 0 spiro atoms. The highest BCUT2D eigenvalue weighted by Crippen LogP contribution is 2.21. The highest BCUT2D eigenvalue weighted by atomic mass is 35.5. The fourth-order valence-corrected chi connectivity index (χ4v) is 1.65. The lowest BCUT2D eigenvalue weighted by Gasteiger charge is -2.02. The van der Waals surface area contributed by atoms with Gasteiger partial charge in [0.2, 0.25) is 5.78 Å². The van der Waals surface area contributed by atoms with Crippen molar-refractivity contribution < 1.29 is 4.79 Å². The van der Waals surface area contributed by atoms with Crippen LogP contribution in [-0.4, -0.2) is 21.0 Å². The van der Waals surface area contributed by atoms with E-state index in [2.05, 4.69) is 15.2 Å². The van der Waals surface area contributed by atoms with Crippen LogP contribution < -0.4 is 0 Å². The molecule has 0 aliphatic heterocycles. The smallest absolute Gasteiger partial charge is 0.203 e. The Labute approximate surface area is 102 Å². The summed E-state index contributed by atoms with van der Waals surface area (Å²) in [6, 6.07) is 5.00. The molecule has 0 aliphatic carbocycles. The number of hydrogen-bond acceptors (Lipinski definition) is 3. The van der Waals surface area contributed by atoms with Gasteiger partial charge in [-0.3, -0.25) is 9.89 Å². The third kappa shape index (κ3) is 2.40. The van der Waals surface area contributed by atoms with Gasteiger partial charge in [0.05, 0.1) is 0 Å². The molecule has 16 heavy (non-hydrogen) atoms. The maximum atomic E-state index is 11.7. The van der Waals surface area contributed by atoms with Gasteiger partial charge in [0.25, 0.3) is 0 Å². The van der Waals surface area contributed by atoms with Gasteiger partial charge in [0.15, 0.2) is 5.82 Å². The highest BCUT2D eigenvalue weighted by molar-refractivity contribution is 6.33. The molecular formula is C10H7Cl2N3O. The third-order valence-electron chi connectivity index (χ3n) is 2.04. The molecule has 0 fully saturated rings. The van der Waals surface area contributed by atoms with Gasteiger partial charge >= 0.3 is 0 Å². The Bertz CT molecular complexity index is 511. The van der Waals surface area contributed by atoms with Crippen molar-refractivity contribution in [3.63, 3.8) is 0 Å². The van der Waals surface area contributed by atoms with Crippen molar-refractivity contribution in [3.8, 4) is 0 Å². The van der Waals surface area contributed by atoms with E-state index in [1.165, 1.54) is 6.33 Å². The van der Waals surface area contributed by atoms with Gasteiger partial charge in [-0.15, -0.1) is 0 Å². The van der Waals surface area contributed by atoms with Crippen molar-refractivity contribution in [3.05, 3.63) is 46.0 Å². The van der Waals surface area contributed by atoms with E-state index in [9.17, 15) is 4.79 Å². The number of aromatic nitrogens is 3. The van der Waals surface area contributed by atoms with Crippen molar-refractivity contribution >= 4 is 29.0 Å². The summed E-state index contributed by atoms with van der Waals surface area (Å²) in [7, 11) is 0. The number of benzene rings is 1. The number of carbonyl (C=O) groups excluding carboxylic acids is 1. The van der Waals surface area contributed by atoms with Crippen molar-refractivity contribution in [1.29, 1.82) is 0 Å². The molecule has 0 bridgehead atoms. The van der Waals surface area contributed by atoms with Crippen LogP contribution in [0.25, 0.3) is 0 Å². The maximum absolute atomic E-state index is 11.7. The van der Waals surface area contributed by atoms with Crippen LogP contribution >= 0.6 is 23.2 Å². The van der Waals surface area contributed by atoms with Crippen LogP contribution in [0.2, 0.25) is 10.0 Å². The minimum atomic E-state index is -0.179. The second kappa shape index (κ2) is 4.63. The zero-order valence-corrected chi connectivity index (χ0v) is 9.59. The zero-order valence-electron chi connectivity index (χ0n) is 8.08. The Morgan fingerprint density at radius 2 is 2.19 bits per heavy atom. The maximum Gasteiger partial charge on any atom is 0.203 e. The second-order valence-corrected chi connectivity index (χ2v) is 4.01. The molecule has 82 valence electrons. The van der Waals surface area contributed by atoms with E-state index < -0.39 is 0 Å². The number of carbonyl (C=O) groups is 1. The van der Waals surface area contributed by atoms with Gasteiger partial charge in [0.1, 0.15) is 6.33 Å². The largest absolute Gasteiger partial charge is 0.290 e. The lowest BCUT2D eigenvalue weighted by Crippen LogP contribution is -2.06. The first-order chi connectivity index (χ1) is 7.66. The molecule has 0 radical (unpaired) electrons. The molecule has 0 amide bonds. The van der Waals surface area contributed by atoms with Gasteiger partial charge in [0, 0.05) is 16.5 Å². The molecule has 1 aromatic carbocycles. The summed E-state index contributed by atoms with van der Waals surface area (Å²) in [6.07, 6.45) is 1.43. The monoisotopic (exact) mass is 255 g/mol. The van der Waals surface area contributed by atoms with E-state index in [1.807, 2.05) is 0 Å². The van der Waals surface area contributed by atoms with E-state index in [1.54, 1.807) is 18.2 Å². The minimum absolute atomic E-state index is 0.147. The summed E-state index contributed by atoms with van der Waals surface area (Å²) < 4.78 is 0. The summed E-state index contributed by atoms with van der Waals surface area (Å²) in [4.78, 5) is 15.5. The lowest BCUT2D eigenvalue weighted by atomic mass is 10.1. The molecule has 0 aliphatic rings. The first kappa shape index (κ1) is 11.1. The van der Waals surface area contributed by atoms with Crippen LogP contribution in [-0.2, 0) is 6.42 Å².